The third-order valence-electron chi connectivity index (χ3n) is 2.94. The zero-order valence-electron chi connectivity index (χ0n) is 12.3. The van der Waals surface area contributed by atoms with Crippen molar-refractivity contribution in [1.82, 2.24) is 10.2 Å². The minimum absolute atomic E-state index is 0.158. The number of benzene rings is 1. The number of hydrogen-bond donors (Lipinski definition) is 1. The first-order valence-corrected chi connectivity index (χ1v) is 8.90. The molecule has 0 aliphatic heterocycles. The van der Waals surface area contributed by atoms with Crippen LogP contribution in [-0.2, 0) is 10.0 Å². The van der Waals surface area contributed by atoms with Crippen LogP contribution in [0.4, 0.5) is 5.69 Å². The molecule has 23 heavy (non-hydrogen) atoms. The van der Waals surface area contributed by atoms with Crippen molar-refractivity contribution in [3.63, 3.8) is 0 Å². The number of ether oxygens (including phenoxy) is 1. The van der Waals surface area contributed by atoms with Gasteiger partial charge in [-0.05, 0) is 18.2 Å². The molecule has 0 radical (unpaired) electrons. The van der Waals surface area contributed by atoms with E-state index in [0.717, 1.165) is 11.3 Å². The fraction of sp³-hybridized carbons (Fsp3) is 0.143. The zero-order valence-corrected chi connectivity index (χ0v) is 13.9. The van der Waals surface area contributed by atoms with Gasteiger partial charge in [0.1, 0.15) is 9.96 Å². The van der Waals surface area contributed by atoms with E-state index < -0.39 is 10.0 Å². The van der Waals surface area contributed by atoms with Gasteiger partial charge in [0.15, 0.2) is 0 Å². The van der Waals surface area contributed by atoms with Crippen LogP contribution in [0.2, 0.25) is 0 Å². The van der Waals surface area contributed by atoms with Gasteiger partial charge in [-0.2, -0.15) is 0 Å². The molecule has 0 saturated heterocycles. The van der Waals surface area contributed by atoms with E-state index in [0.29, 0.717) is 28.8 Å². The molecular formula is C14H13N3O4S2. The number of nitrogens with zero attached hydrogens (tertiary/aromatic N) is 2. The monoisotopic (exact) mass is 351 g/mol. The third-order valence-corrected chi connectivity index (χ3v) is 5.76. The molecule has 0 spiro atoms. The van der Waals surface area contributed by atoms with E-state index >= 15 is 0 Å². The van der Waals surface area contributed by atoms with E-state index in [4.69, 9.17) is 9.15 Å². The van der Waals surface area contributed by atoms with Gasteiger partial charge in [0.2, 0.25) is 11.8 Å². The molecule has 0 aliphatic carbocycles. The highest BCUT2D eigenvalue weighted by Gasteiger charge is 2.19. The number of anilines is 1. The number of aryl methyl sites for hydroxylation is 1. The Kier molecular flexibility index (Phi) is 4.05. The number of nitrogens with one attached hydrogen (secondary N) is 1. The summed E-state index contributed by atoms with van der Waals surface area (Å²) in [6, 6.07) is 8.19. The summed E-state index contributed by atoms with van der Waals surface area (Å²) in [6.07, 6.45) is 0. The first-order valence-electron chi connectivity index (χ1n) is 6.54. The van der Waals surface area contributed by atoms with Crippen LogP contribution in [0.5, 0.6) is 5.75 Å². The van der Waals surface area contributed by atoms with Gasteiger partial charge in [0.05, 0.1) is 18.4 Å². The van der Waals surface area contributed by atoms with E-state index in [-0.39, 0.29) is 4.21 Å². The lowest BCUT2D eigenvalue weighted by atomic mass is 10.3. The maximum absolute atomic E-state index is 12.4. The molecule has 1 N–H and O–H groups in total. The molecule has 0 unspecified atom stereocenters. The fourth-order valence-corrected chi connectivity index (χ4v) is 4.08. The highest BCUT2D eigenvalue weighted by molar-refractivity contribution is 7.94. The molecule has 0 saturated carbocycles. The van der Waals surface area contributed by atoms with Crippen LogP contribution >= 0.6 is 11.3 Å². The van der Waals surface area contributed by atoms with Crippen LogP contribution in [0, 0.1) is 6.92 Å². The smallest absolute Gasteiger partial charge is 0.271 e. The fourth-order valence-electron chi connectivity index (χ4n) is 1.87. The first kappa shape index (κ1) is 15.5. The number of rotatable bonds is 5. The van der Waals surface area contributed by atoms with Gasteiger partial charge in [-0.15, -0.1) is 21.5 Å². The van der Waals surface area contributed by atoms with Gasteiger partial charge >= 0.3 is 0 Å². The van der Waals surface area contributed by atoms with Crippen LogP contribution in [-0.4, -0.2) is 25.7 Å². The zero-order chi connectivity index (χ0) is 16.4. The van der Waals surface area contributed by atoms with E-state index in [2.05, 4.69) is 14.9 Å². The van der Waals surface area contributed by atoms with Crippen molar-refractivity contribution in [2.45, 2.75) is 11.1 Å². The average Bonchev–Trinajstić information content (AvgIpc) is 3.16. The van der Waals surface area contributed by atoms with Crippen LogP contribution in [0.25, 0.3) is 11.5 Å². The molecule has 7 nitrogen and oxygen atoms in total. The van der Waals surface area contributed by atoms with Gasteiger partial charge in [-0.3, -0.25) is 4.72 Å². The van der Waals surface area contributed by atoms with Crippen LogP contribution in [0.15, 0.2) is 44.3 Å². The molecule has 1 aromatic carbocycles. The van der Waals surface area contributed by atoms with Crippen LogP contribution < -0.4 is 9.46 Å². The molecule has 3 rings (SSSR count). The normalized spacial score (nSPS) is 11.4. The number of sulfonamides is 1. The van der Waals surface area contributed by atoms with Gasteiger partial charge < -0.3 is 9.15 Å². The molecule has 3 aromatic rings. The van der Waals surface area contributed by atoms with Gasteiger partial charge in [0.25, 0.3) is 10.0 Å². The molecule has 2 aromatic heterocycles. The van der Waals surface area contributed by atoms with Crippen LogP contribution in [0.1, 0.15) is 5.89 Å². The second-order valence-corrected chi connectivity index (χ2v) is 7.44. The molecular weight excluding hydrogens is 338 g/mol. The molecule has 0 fully saturated rings. The maximum atomic E-state index is 12.4. The highest BCUT2D eigenvalue weighted by atomic mass is 32.2. The Labute approximate surface area is 137 Å². The Morgan fingerprint density at radius 2 is 2.09 bits per heavy atom. The van der Waals surface area contributed by atoms with Gasteiger partial charge in [0, 0.05) is 18.4 Å². The third kappa shape index (κ3) is 3.35. The Balaban J connectivity index is 1.86. The van der Waals surface area contributed by atoms with Crippen molar-refractivity contribution in [3.05, 3.63) is 41.6 Å². The van der Waals surface area contributed by atoms with E-state index in [1.54, 1.807) is 36.6 Å². The van der Waals surface area contributed by atoms with Gasteiger partial charge in [-0.25, -0.2) is 8.42 Å². The second-order valence-electron chi connectivity index (χ2n) is 4.62. The molecule has 2 heterocycles. The Hall–Kier alpha value is -2.39. The van der Waals surface area contributed by atoms with E-state index in [9.17, 15) is 8.42 Å². The lowest BCUT2D eigenvalue weighted by molar-refractivity contribution is 0.415. The summed E-state index contributed by atoms with van der Waals surface area (Å²) in [7, 11) is -2.18. The number of methoxy groups -OCH3 is 1. The number of aromatic nitrogens is 2. The number of thiophene rings is 1. The summed E-state index contributed by atoms with van der Waals surface area (Å²) < 4.78 is 37.9. The van der Waals surface area contributed by atoms with Crippen molar-refractivity contribution < 1.29 is 17.6 Å². The standard InChI is InChI=1S/C14H13N3O4S2/c1-9-15-16-14(21-9)10-6-13(22-8-10)23(18,19)17-11-4-3-5-12(7-11)20-2/h3-8,17H,1-2H3. The minimum atomic E-state index is -3.70. The summed E-state index contributed by atoms with van der Waals surface area (Å²) in [5.74, 6) is 1.28. The first-order chi connectivity index (χ1) is 11.0. The lowest BCUT2D eigenvalue weighted by Crippen LogP contribution is -2.11. The largest absolute Gasteiger partial charge is 0.497 e. The van der Waals surface area contributed by atoms with Crippen molar-refractivity contribution in [2.24, 2.45) is 0 Å². The summed E-state index contributed by atoms with van der Waals surface area (Å²) >= 11 is 1.08. The molecule has 0 amide bonds. The van der Waals surface area contributed by atoms with Crippen molar-refractivity contribution in [2.75, 3.05) is 11.8 Å². The highest BCUT2D eigenvalue weighted by Crippen LogP contribution is 2.29. The van der Waals surface area contributed by atoms with Crippen LogP contribution in [0.3, 0.4) is 0 Å². The van der Waals surface area contributed by atoms with E-state index in [1.165, 1.54) is 13.2 Å². The van der Waals surface area contributed by atoms with Crippen molar-refractivity contribution >= 4 is 27.0 Å². The molecule has 0 bridgehead atoms. The number of hydrogen-bond acceptors (Lipinski definition) is 7. The summed E-state index contributed by atoms with van der Waals surface area (Å²) in [5, 5.41) is 9.27. The Morgan fingerprint density at radius 1 is 1.26 bits per heavy atom. The summed E-state index contributed by atoms with van der Waals surface area (Å²) in [6.45, 7) is 1.67. The Morgan fingerprint density at radius 3 is 2.78 bits per heavy atom. The van der Waals surface area contributed by atoms with Crippen molar-refractivity contribution in [3.8, 4) is 17.2 Å². The van der Waals surface area contributed by atoms with Gasteiger partial charge in [-0.1, -0.05) is 6.07 Å². The predicted molar refractivity (Wildman–Crippen MR) is 86.2 cm³/mol. The topological polar surface area (TPSA) is 94.3 Å². The molecule has 0 aliphatic rings. The van der Waals surface area contributed by atoms with Crippen molar-refractivity contribution in [1.29, 1.82) is 0 Å². The SMILES string of the molecule is COc1cccc(NS(=O)(=O)c2cc(-c3nnc(C)o3)cs2)c1. The quantitative estimate of drug-likeness (QED) is 0.759. The summed E-state index contributed by atoms with van der Waals surface area (Å²) in [4.78, 5) is 0. The molecule has 0 atom stereocenters. The molecule has 120 valence electrons. The Bertz CT molecular complexity index is 931. The predicted octanol–water partition coefficient (Wildman–Crippen LogP) is 2.92. The summed E-state index contributed by atoms with van der Waals surface area (Å²) in [5.41, 5.74) is 0.995. The molecule has 9 heteroatoms. The van der Waals surface area contributed by atoms with E-state index in [1.807, 2.05) is 0 Å². The second kappa shape index (κ2) is 6.01. The minimum Gasteiger partial charge on any atom is -0.497 e. The average molecular weight is 351 g/mol. The maximum Gasteiger partial charge on any atom is 0.271 e. The lowest BCUT2D eigenvalue weighted by Gasteiger charge is -2.07.